The Bertz CT molecular complexity index is 647. The van der Waals surface area contributed by atoms with Gasteiger partial charge in [0.25, 0.3) is 5.91 Å². The second-order valence-corrected chi connectivity index (χ2v) is 7.08. The van der Waals surface area contributed by atoms with Gasteiger partial charge >= 0.3 is 5.97 Å². The molecule has 1 aliphatic heterocycles. The van der Waals surface area contributed by atoms with Gasteiger partial charge in [-0.2, -0.15) is 0 Å². The van der Waals surface area contributed by atoms with Crippen molar-refractivity contribution < 1.29 is 19.1 Å². The fraction of sp³-hybridized carbons (Fsp3) is 0.571. The second kappa shape index (κ2) is 10.1. The molecule has 0 radical (unpaired) electrons. The first kappa shape index (κ1) is 20.9. The number of likely N-dealkylation sites (tertiary alicyclic amines) is 1. The highest BCUT2D eigenvalue weighted by atomic mass is 16.5. The van der Waals surface area contributed by atoms with Crippen LogP contribution in [0.15, 0.2) is 30.3 Å². The summed E-state index contributed by atoms with van der Waals surface area (Å²) in [4.78, 5) is 39.5. The normalized spacial score (nSPS) is 19.1. The van der Waals surface area contributed by atoms with Gasteiger partial charge in [0.1, 0.15) is 6.04 Å². The zero-order chi connectivity index (χ0) is 19.8. The standard InChI is InChI=1S/C21H30N2O4/c1-4-15(3)18(22-19(24)16-10-7-6-8-11-16)20(25)23-13-9-12-17(14-23)21(26)27-5-2/h6-8,10-11,15,17-18H,4-5,9,12-14H2,1-3H3,(H,22,24). The van der Waals surface area contributed by atoms with Crippen molar-refractivity contribution in [3.05, 3.63) is 35.9 Å². The van der Waals surface area contributed by atoms with Crippen LogP contribution in [-0.2, 0) is 14.3 Å². The van der Waals surface area contributed by atoms with Gasteiger partial charge in [-0.25, -0.2) is 0 Å². The number of benzene rings is 1. The lowest BCUT2D eigenvalue weighted by atomic mass is 9.93. The molecule has 148 valence electrons. The van der Waals surface area contributed by atoms with Crippen molar-refractivity contribution in [3.8, 4) is 0 Å². The Labute approximate surface area is 161 Å². The number of nitrogens with zero attached hydrogens (tertiary/aromatic N) is 1. The fourth-order valence-electron chi connectivity index (χ4n) is 3.32. The van der Waals surface area contributed by atoms with E-state index in [-0.39, 0.29) is 29.6 Å². The van der Waals surface area contributed by atoms with Crippen molar-refractivity contribution in [2.45, 2.75) is 46.1 Å². The molecule has 1 fully saturated rings. The molecule has 3 atom stereocenters. The van der Waals surface area contributed by atoms with Gasteiger partial charge in [0.15, 0.2) is 0 Å². The predicted octanol–water partition coefficient (Wildman–Crippen LogP) is 2.63. The van der Waals surface area contributed by atoms with Crippen molar-refractivity contribution in [2.75, 3.05) is 19.7 Å². The molecule has 2 amide bonds. The van der Waals surface area contributed by atoms with Gasteiger partial charge < -0.3 is 15.0 Å². The molecule has 1 aliphatic rings. The number of hydrogen-bond donors (Lipinski definition) is 1. The van der Waals surface area contributed by atoms with E-state index in [1.54, 1.807) is 36.1 Å². The summed E-state index contributed by atoms with van der Waals surface area (Å²) in [6.07, 6.45) is 2.25. The van der Waals surface area contributed by atoms with Crippen molar-refractivity contribution in [1.29, 1.82) is 0 Å². The number of carbonyl (C=O) groups excluding carboxylic acids is 3. The smallest absolute Gasteiger partial charge is 0.310 e. The largest absolute Gasteiger partial charge is 0.466 e. The monoisotopic (exact) mass is 374 g/mol. The molecule has 6 heteroatoms. The Hall–Kier alpha value is -2.37. The summed E-state index contributed by atoms with van der Waals surface area (Å²) in [7, 11) is 0. The topological polar surface area (TPSA) is 75.7 Å². The van der Waals surface area contributed by atoms with Gasteiger partial charge in [0.2, 0.25) is 5.91 Å². The van der Waals surface area contributed by atoms with E-state index in [0.29, 0.717) is 25.3 Å². The molecule has 2 rings (SSSR count). The highest BCUT2D eigenvalue weighted by Gasteiger charge is 2.35. The van der Waals surface area contributed by atoms with Gasteiger partial charge in [-0.15, -0.1) is 0 Å². The van der Waals surface area contributed by atoms with Crippen molar-refractivity contribution >= 4 is 17.8 Å². The lowest BCUT2D eigenvalue weighted by molar-refractivity contribution is -0.151. The van der Waals surface area contributed by atoms with Crippen LogP contribution in [0.3, 0.4) is 0 Å². The Kier molecular flexibility index (Phi) is 7.82. The zero-order valence-electron chi connectivity index (χ0n) is 16.4. The van der Waals surface area contributed by atoms with Gasteiger partial charge in [-0.1, -0.05) is 38.5 Å². The van der Waals surface area contributed by atoms with E-state index >= 15 is 0 Å². The first-order valence-corrected chi connectivity index (χ1v) is 9.79. The van der Waals surface area contributed by atoms with E-state index in [4.69, 9.17) is 4.74 Å². The summed E-state index contributed by atoms with van der Waals surface area (Å²) < 4.78 is 5.11. The number of ether oxygens (including phenoxy) is 1. The van der Waals surface area contributed by atoms with Crippen LogP contribution in [0, 0.1) is 11.8 Å². The van der Waals surface area contributed by atoms with Crippen molar-refractivity contribution in [3.63, 3.8) is 0 Å². The third-order valence-corrected chi connectivity index (χ3v) is 5.15. The minimum atomic E-state index is -0.608. The van der Waals surface area contributed by atoms with Gasteiger partial charge in [0, 0.05) is 18.7 Å². The molecule has 0 bridgehead atoms. The van der Waals surface area contributed by atoms with Crippen LogP contribution in [0.4, 0.5) is 0 Å². The maximum absolute atomic E-state index is 13.2. The molecule has 0 aliphatic carbocycles. The maximum Gasteiger partial charge on any atom is 0.310 e. The highest BCUT2D eigenvalue weighted by molar-refractivity contribution is 5.97. The second-order valence-electron chi connectivity index (χ2n) is 7.08. The van der Waals surface area contributed by atoms with Gasteiger partial charge in [0.05, 0.1) is 12.5 Å². The third-order valence-electron chi connectivity index (χ3n) is 5.15. The Morgan fingerprint density at radius 1 is 1.22 bits per heavy atom. The Morgan fingerprint density at radius 3 is 2.56 bits per heavy atom. The molecule has 3 unspecified atom stereocenters. The molecule has 0 saturated carbocycles. The average Bonchev–Trinajstić information content (AvgIpc) is 2.71. The van der Waals surface area contributed by atoms with Gasteiger partial charge in [-0.3, -0.25) is 14.4 Å². The number of rotatable bonds is 7. The molecule has 1 aromatic rings. The lowest BCUT2D eigenvalue weighted by Crippen LogP contribution is -2.54. The number of hydrogen-bond acceptors (Lipinski definition) is 4. The molecule has 0 spiro atoms. The van der Waals surface area contributed by atoms with Crippen LogP contribution in [0.2, 0.25) is 0 Å². The van der Waals surface area contributed by atoms with E-state index in [9.17, 15) is 14.4 Å². The number of piperidine rings is 1. The molecule has 6 nitrogen and oxygen atoms in total. The summed E-state index contributed by atoms with van der Waals surface area (Å²) in [6, 6.07) is 8.28. The van der Waals surface area contributed by atoms with Gasteiger partial charge in [-0.05, 0) is 37.8 Å². The van der Waals surface area contributed by atoms with E-state index in [0.717, 1.165) is 19.3 Å². The first-order valence-electron chi connectivity index (χ1n) is 9.79. The molecular weight excluding hydrogens is 344 g/mol. The zero-order valence-corrected chi connectivity index (χ0v) is 16.4. The molecule has 27 heavy (non-hydrogen) atoms. The summed E-state index contributed by atoms with van der Waals surface area (Å²) in [5.41, 5.74) is 0.529. The van der Waals surface area contributed by atoms with E-state index in [1.165, 1.54) is 0 Å². The van der Waals surface area contributed by atoms with Crippen LogP contribution in [-0.4, -0.2) is 48.4 Å². The van der Waals surface area contributed by atoms with Crippen LogP contribution in [0.1, 0.15) is 50.4 Å². The van der Waals surface area contributed by atoms with Crippen LogP contribution in [0.5, 0.6) is 0 Å². The first-order chi connectivity index (χ1) is 13.0. The third kappa shape index (κ3) is 5.55. The summed E-state index contributed by atoms with van der Waals surface area (Å²) in [5, 5.41) is 2.90. The summed E-state index contributed by atoms with van der Waals surface area (Å²) in [6.45, 7) is 7.03. The van der Waals surface area contributed by atoms with E-state index < -0.39 is 6.04 Å². The maximum atomic E-state index is 13.2. The highest BCUT2D eigenvalue weighted by Crippen LogP contribution is 2.21. The molecule has 1 saturated heterocycles. The fourth-order valence-corrected chi connectivity index (χ4v) is 3.32. The van der Waals surface area contributed by atoms with Crippen molar-refractivity contribution in [2.24, 2.45) is 11.8 Å². The van der Waals surface area contributed by atoms with E-state index in [2.05, 4.69) is 5.32 Å². The molecule has 1 N–H and O–H groups in total. The molecule has 1 aromatic carbocycles. The Morgan fingerprint density at radius 2 is 1.93 bits per heavy atom. The lowest BCUT2D eigenvalue weighted by Gasteiger charge is -2.35. The predicted molar refractivity (Wildman–Crippen MR) is 103 cm³/mol. The minimum Gasteiger partial charge on any atom is -0.466 e. The van der Waals surface area contributed by atoms with Crippen LogP contribution < -0.4 is 5.32 Å². The molecule has 0 aromatic heterocycles. The van der Waals surface area contributed by atoms with E-state index in [1.807, 2.05) is 19.9 Å². The summed E-state index contributed by atoms with van der Waals surface area (Å²) >= 11 is 0. The Balaban J connectivity index is 2.09. The SMILES string of the molecule is CCOC(=O)C1CCCN(C(=O)C(NC(=O)c2ccccc2)C(C)CC)C1. The van der Waals surface area contributed by atoms with Crippen LogP contribution >= 0.6 is 0 Å². The number of esters is 1. The number of carbonyl (C=O) groups is 3. The average molecular weight is 374 g/mol. The van der Waals surface area contributed by atoms with Crippen molar-refractivity contribution in [1.82, 2.24) is 10.2 Å². The minimum absolute atomic E-state index is 0.00636. The molecular formula is C21H30N2O4. The summed E-state index contributed by atoms with van der Waals surface area (Å²) in [5.74, 6) is -0.919. The number of nitrogens with one attached hydrogen (secondary N) is 1. The molecule has 1 heterocycles. The number of amides is 2. The quantitative estimate of drug-likeness (QED) is 0.745. The van der Waals surface area contributed by atoms with Crippen LogP contribution in [0.25, 0.3) is 0 Å².